The molecule has 0 radical (unpaired) electrons. The van der Waals surface area contributed by atoms with E-state index in [1.807, 2.05) is 20.8 Å². The third-order valence-corrected chi connectivity index (χ3v) is 2.80. The molecule has 0 amide bonds. The van der Waals surface area contributed by atoms with E-state index >= 15 is 0 Å². The highest BCUT2D eigenvalue weighted by molar-refractivity contribution is 5.45. The number of ether oxygens (including phenoxy) is 1. The molecule has 2 N–H and O–H groups in total. The van der Waals surface area contributed by atoms with Gasteiger partial charge in [-0.05, 0) is 32.4 Å². The molecule has 1 aromatic rings. The van der Waals surface area contributed by atoms with Crippen molar-refractivity contribution >= 4 is 0 Å². The average Bonchev–Trinajstić information content (AvgIpc) is 2.09. The van der Waals surface area contributed by atoms with Gasteiger partial charge in [-0.15, -0.1) is 0 Å². The van der Waals surface area contributed by atoms with E-state index in [1.54, 1.807) is 6.07 Å². The summed E-state index contributed by atoms with van der Waals surface area (Å²) in [6, 6.07) is 2.90. The molecular weight excluding hydrogens is 193 g/mol. The zero-order valence-electron chi connectivity index (χ0n) is 9.30. The van der Waals surface area contributed by atoms with E-state index < -0.39 is 0 Å². The lowest BCUT2D eigenvalue weighted by Gasteiger charge is -2.37. The quantitative estimate of drug-likeness (QED) is 0.713. The van der Waals surface area contributed by atoms with Gasteiger partial charge in [-0.25, -0.2) is 4.39 Å². The third-order valence-electron chi connectivity index (χ3n) is 2.80. The molecule has 0 saturated carbocycles. The first-order chi connectivity index (χ1) is 6.91. The Balaban J connectivity index is 2.59. The van der Waals surface area contributed by atoms with Gasteiger partial charge in [0.15, 0.2) is 0 Å². The first-order valence-electron chi connectivity index (χ1n) is 5.14. The highest BCUT2D eigenvalue weighted by Crippen LogP contribution is 2.41. The molecule has 3 heteroatoms. The second-order valence-electron chi connectivity index (χ2n) is 4.78. The van der Waals surface area contributed by atoms with E-state index in [0.29, 0.717) is 17.7 Å². The zero-order chi connectivity index (χ0) is 11.2. The number of nitrogens with two attached hydrogens (primary N) is 1. The Morgan fingerprint density at radius 2 is 2.13 bits per heavy atom. The molecule has 2 nitrogen and oxygen atoms in total. The van der Waals surface area contributed by atoms with Crippen LogP contribution in [0.3, 0.4) is 0 Å². The van der Waals surface area contributed by atoms with Crippen molar-refractivity contribution in [2.24, 2.45) is 5.73 Å². The van der Waals surface area contributed by atoms with Gasteiger partial charge in [0, 0.05) is 18.0 Å². The second-order valence-corrected chi connectivity index (χ2v) is 4.78. The predicted molar refractivity (Wildman–Crippen MR) is 57.4 cm³/mol. The van der Waals surface area contributed by atoms with Gasteiger partial charge < -0.3 is 10.5 Å². The summed E-state index contributed by atoms with van der Waals surface area (Å²) in [5.74, 6) is 0.359. The van der Waals surface area contributed by atoms with E-state index in [9.17, 15) is 4.39 Å². The molecule has 1 aromatic carbocycles. The Labute approximate surface area is 89.2 Å². The molecule has 1 unspecified atom stereocenters. The smallest absolute Gasteiger partial charge is 0.131 e. The van der Waals surface area contributed by atoms with Gasteiger partial charge in [0.1, 0.15) is 17.2 Å². The fourth-order valence-electron chi connectivity index (χ4n) is 2.12. The number of halogens is 1. The van der Waals surface area contributed by atoms with Crippen LogP contribution >= 0.6 is 0 Å². The van der Waals surface area contributed by atoms with Crippen molar-refractivity contribution in [3.63, 3.8) is 0 Å². The van der Waals surface area contributed by atoms with Crippen LogP contribution in [0.2, 0.25) is 0 Å². The molecule has 0 saturated heterocycles. The summed E-state index contributed by atoms with van der Waals surface area (Å²) in [7, 11) is 0. The molecule has 1 atom stereocenters. The third kappa shape index (κ3) is 1.72. The molecule has 1 aliphatic heterocycles. The van der Waals surface area contributed by atoms with Crippen LogP contribution in [0, 0.1) is 12.7 Å². The topological polar surface area (TPSA) is 35.2 Å². The van der Waals surface area contributed by atoms with Crippen molar-refractivity contribution < 1.29 is 9.13 Å². The van der Waals surface area contributed by atoms with Crippen molar-refractivity contribution in [1.29, 1.82) is 0 Å². The van der Waals surface area contributed by atoms with Gasteiger partial charge in [-0.2, -0.15) is 0 Å². The van der Waals surface area contributed by atoms with Crippen molar-refractivity contribution in [1.82, 2.24) is 0 Å². The van der Waals surface area contributed by atoms with Crippen molar-refractivity contribution in [2.75, 3.05) is 0 Å². The summed E-state index contributed by atoms with van der Waals surface area (Å²) >= 11 is 0. The highest BCUT2D eigenvalue weighted by atomic mass is 19.1. The van der Waals surface area contributed by atoms with E-state index in [2.05, 4.69) is 0 Å². The first-order valence-corrected chi connectivity index (χ1v) is 5.14. The highest BCUT2D eigenvalue weighted by Gasteiger charge is 2.34. The van der Waals surface area contributed by atoms with Crippen LogP contribution in [-0.4, -0.2) is 5.60 Å². The lowest BCUT2D eigenvalue weighted by Crippen LogP contribution is -2.38. The van der Waals surface area contributed by atoms with E-state index in [-0.39, 0.29) is 17.5 Å². The van der Waals surface area contributed by atoms with Crippen LogP contribution in [-0.2, 0) is 0 Å². The number of hydrogen-bond acceptors (Lipinski definition) is 2. The van der Waals surface area contributed by atoms with Gasteiger partial charge in [0.05, 0.1) is 0 Å². The minimum absolute atomic E-state index is 0.265. The SMILES string of the molecule is Cc1ccc(F)c2c1OC(C)(C)CC2N. The molecule has 0 spiro atoms. The number of benzene rings is 1. The molecule has 0 aliphatic carbocycles. The van der Waals surface area contributed by atoms with Crippen LogP contribution in [0.5, 0.6) is 5.75 Å². The average molecular weight is 209 g/mol. The summed E-state index contributed by atoms with van der Waals surface area (Å²) in [6.45, 7) is 5.85. The first kappa shape index (κ1) is 10.4. The van der Waals surface area contributed by atoms with E-state index in [4.69, 9.17) is 10.5 Å². The Morgan fingerprint density at radius 1 is 1.47 bits per heavy atom. The number of fused-ring (bicyclic) bond motifs is 1. The van der Waals surface area contributed by atoms with Crippen molar-refractivity contribution in [3.05, 3.63) is 29.1 Å². The Morgan fingerprint density at radius 3 is 2.80 bits per heavy atom. The predicted octanol–water partition coefficient (Wildman–Crippen LogP) is 2.70. The number of rotatable bonds is 0. The molecule has 0 fully saturated rings. The van der Waals surface area contributed by atoms with Crippen molar-refractivity contribution in [3.8, 4) is 5.75 Å². The normalized spacial score (nSPS) is 23.1. The van der Waals surface area contributed by atoms with Crippen LogP contribution in [0.15, 0.2) is 12.1 Å². The largest absolute Gasteiger partial charge is 0.487 e. The fourth-order valence-corrected chi connectivity index (χ4v) is 2.12. The summed E-state index contributed by atoms with van der Waals surface area (Å²) < 4.78 is 19.4. The minimum Gasteiger partial charge on any atom is -0.487 e. The van der Waals surface area contributed by atoms with E-state index in [1.165, 1.54) is 6.07 Å². The van der Waals surface area contributed by atoms with Crippen LogP contribution in [0.1, 0.15) is 37.4 Å². The van der Waals surface area contributed by atoms with Crippen LogP contribution < -0.4 is 10.5 Å². The van der Waals surface area contributed by atoms with E-state index in [0.717, 1.165) is 5.56 Å². The maximum absolute atomic E-state index is 13.6. The van der Waals surface area contributed by atoms with Gasteiger partial charge in [-0.3, -0.25) is 0 Å². The number of aryl methyl sites for hydroxylation is 1. The standard InChI is InChI=1S/C12H16FNO/c1-7-4-5-8(13)10-9(14)6-12(2,3)15-11(7)10/h4-5,9H,6,14H2,1-3H3. The molecule has 0 bridgehead atoms. The summed E-state index contributed by atoms with van der Waals surface area (Å²) in [6.07, 6.45) is 0.639. The molecule has 15 heavy (non-hydrogen) atoms. The van der Waals surface area contributed by atoms with Crippen LogP contribution in [0.4, 0.5) is 4.39 Å². The van der Waals surface area contributed by atoms with Crippen LogP contribution in [0.25, 0.3) is 0 Å². The summed E-state index contributed by atoms with van der Waals surface area (Å²) in [5.41, 5.74) is 7.12. The number of hydrogen-bond donors (Lipinski definition) is 1. The second kappa shape index (κ2) is 3.20. The molecule has 0 aromatic heterocycles. The molecule has 1 aliphatic rings. The lowest BCUT2D eigenvalue weighted by atomic mass is 9.89. The molecule has 2 rings (SSSR count). The lowest BCUT2D eigenvalue weighted by molar-refractivity contribution is 0.0702. The Hall–Kier alpha value is -1.09. The van der Waals surface area contributed by atoms with Gasteiger partial charge in [-0.1, -0.05) is 6.07 Å². The van der Waals surface area contributed by atoms with Gasteiger partial charge >= 0.3 is 0 Å². The molecule has 1 heterocycles. The minimum atomic E-state index is -0.315. The Bertz CT molecular complexity index is 401. The maximum atomic E-state index is 13.6. The fraction of sp³-hybridized carbons (Fsp3) is 0.500. The molecule has 82 valence electrons. The summed E-state index contributed by atoms with van der Waals surface area (Å²) in [5, 5.41) is 0. The Kier molecular flexibility index (Phi) is 2.23. The monoisotopic (exact) mass is 209 g/mol. The van der Waals surface area contributed by atoms with Gasteiger partial charge in [0.25, 0.3) is 0 Å². The zero-order valence-corrected chi connectivity index (χ0v) is 9.30. The molecular formula is C12H16FNO. The maximum Gasteiger partial charge on any atom is 0.131 e. The van der Waals surface area contributed by atoms with Gasteiger partial charge in [0.2, 0.25) is 0 Å². The van der Waals surface area contributed by atoms with Crippen molar-refractivity contribution in [2.45, 2.75) is 38.8 Å². The summed E-state index contributed by atoms with van der Waals surface area (Å²) in [4.78, 5) is 0.